The summed E-state index contributed by atoms with van der Waals surface area (Å²) in [6.45, 7) is 3.26. The van der Waals surface area contributed by atoms with E-state index < -0.39 is 12.6 Å². The first-order valence-corrected chi connectivity index (χ1v) is 13.5. The lowest BCUT2D eigenvalue weighted by Crippen LogP contribution is -2.10. The van der Waals surface area contributed by atoms with Crippen LogP contribution >= 0.6 is 11.3 Å². The first kappa shape index (κ1) is 26.8. The van der Waals surface area contributed by atoms with E-state index in [9.17, 15) is 9.59 Å². The Morgan fingerprint density at radius 1 is 0.800 bits per heavy atom. The lowest BCUT2D eigenvalue weighted by atomic mass is 10.0. The molecular weight excluding hydrogens is 522 g/mol. The molecular formula is C33H27NO5S. The van der Waals surface area contributed by atoms with Crippen LogP contribution in [0.1, 0.15) is 27.9 Å². The van der Waals surface area contributed by atoms with E-state index in [1.165, 1.54) is 0 Å². The van der Waals surface area contributed by atoms with Crippen molar-refractivity contribution in [3.63, 3.8) is 0 Å². The van der Waals surface area contributed by atoms with Gasteiger partial charge in [0.25, 0.3) is 0 Å². The number of thiazole rings is 1. The van der Waals surface area contributed by atoms with E-state index in [1.54, 1.807) is 30.4 Å². The molecule has 0 spiro atoms. The number of carboxylic acids is 1. The fourth-order valence-corrected chi connectivity index (χ4v) is 5.29. The van der Waals surface area contributed by atoms with Gasteiger partial charge in [0.05, 0.1) is 10.6 Å². The molecule has 1 N–H and O–H groups in total. The molecule has 0 saturated carbocycles. The number of carbonyl (C=O) groups excluding carboxylic acids is 1. The Bertz CT molecular complexity index is 1640. The molecule has 0 atom stereocenters. The van der Waals surface area contributed by atoms with Gasteiger partial charge in [-0.15, -0.1) is 11.3 Å². The SMILES string of the molecule is CC(=O)c1ccc(-c2nc(COc3ccc(OCC(=O)O)c(C)c3)sc2-c2ccc(-c3ccccc3)cc2)cc1. The third-order valence-electron chi connectivity index (χ3n) is 6.35. The van der Waals surface area contributed by atoms with Crippen LogP contribution in [-0.2, 0) is 11.4 Å². The zero-order valence-electron chi connectivity index (χ0n) is 22.1. The fraction of sp³-hybridized carbons (Fsp3) is 0.121. The number of ether oxygens (including phenoxy) is 2. The molecule has 0 aliphatic rings. The number of nitrogens with zero attached hydrogens (tertiary/aromatic N) is 1. The van der Waals surface area contributed by atoms with Crippen molar-refractivity contribution in [3.8, 4) is 44.3 Å². The molecule has 200 valence electrons. The van der Waals surface area contributed by atoms with Gasteiger partial charge in [0.1, 0.15) is 23.1 Å². The van der Waals surface area contributed by atoms with E-state index in [0.29, 0.717) is 17.1 Å². The lowest BCUT2D eigenvalue weighted by Gasteiger charge is -2.09. The molecule has 0 aliphatic heterocycles. The average Bonchev–Trinajstić information content (AvgIpc) is 3.40. The number of carbonyl (C=O) groups is 2. The molecule has 6 nitrogen and oxygen atoms in total. The summed E-state index contributed by atoms with van der Waals surface area (Å²) in [4.78, 5) is 28.6. The quantitative estimate of drug-likeness (QED) is 0.180. The molecule has 0 unspecified atom stereocenters. The Kier molecular flexibility index (Phi) is 8.03. The molecule has 0 radical (unpaired) electrons. The van der Waals surface area contributed by atoms with Gasteiger partial charge in [-0.05, 0) is 54.3 Å². The number of benzene rings is 4. The summed E-state index contributed by atoms with van der Waals surface area (Å²) in [5.74, 6) is 0.129. The third kappa shape index (κ3) is 6.27. The predicted octanol–water partition coefficient (Wildman–Crippen LogP) is 7.70. The second-order valence-corrected chi connectivity index (χ2v) is 10.3. The molecule has 5 rings (SSSR count). The molecule has 4 aromatic carbocycles. The van der Waals surface area contributed by atoms with Crippen molar-refractivity contribution in [2.75, 3.05) is 6.61 Å². The topological polar surface area (TPSA) is 85.7 Å². The summed E-state index contributed by atoms with van der Waals surface area (Å²) in [6.07, 6.45) is 0. The molecule has 7 heteroatoms. The monoisotopic (exact) mass is 549 g/mol. The van der Waals surface area contributed by atoms with Gasteiger partial charge in [0.15, 0.2) is 12.4 Å². The minimum absolute atomic E-state index is 0.0188. The molecule has 0 bridgehead atoms. The highest BCUT2D eigenvalue weighted by Crippen LogP contribution is 2.38. The Morgan fingerprint density at radius 2 is 1.45 bits per heavy atom. The summed E-state index contributed by atoms with van der Waals surface area (Å²) < 4.78 is 11.4. The number of hydrogen-bond donors (Lipinski definition) is 1. The summed E-state index contributed by atoms with van der Waals surface area (Å²) in [5, 5.41) is 9.66. The number of aromatic nitrogens is 1. The number of rotatable bonds is 10. The zero-order chi connectivity index (χ0) is 28.1. The largest absolute Gasteiger partial charge is 0.486 e. The maximum Gasteiger partial charge on any atom is 0.341 e. The normalized spacial score (nSPS) is 10.8. The molecule has 40 heavy (non-hydrogen) atoms. The molecule has 0 fully saturated rings. The van der Waals surface area contributed by atoms with E-state index in [-0.39, 0.29) is 12.4 Å². The van der Waals surface area contributed by atoms with E-state index in [0.717, 1.165) is 43.4 Å². The van der Waals surface area contributed by atoms with Crippen molar-refractivity contribution >= 4 is 23.1 Å². The van der Waals surface area contributed by atoms with Crippen molar-refractivity contribution in [1.29, 1.82) is 0 Å². The summed E-state index contributed by atoms with van der Waals surface area (Å²) in [7, 11) is 0. The van der Waals surface area contributed by atoms with Crippen LogP contribution in [0.4, 0.5) is 0 Å². The predicted molar refractivity (Wildman–Crippen MR) is 157 cm³/mol. The number of ketones is 1. The Balaban J connectivity index is 1.42. The number of aliphatic carboxylic acids is 1. The second-order valence-electron chi connectivity index (χ2n) is 9.26. The van der Waals surface area contributed by atoms with E-state index >= 15 is 0 Å². The van der Waals surface area contributed by atoms with E-state index in [1.807, 2.05) is 55.5 Å². The van der Waals surface area contributed by atoms with Crippen molar-refractivity contribution in [1.82, 2.24) is 4.98 Å². The number of aryl methyl sites for hydroxylation is 1. The number of hydrogen-bond acceptors (Lipinski definition) is 6. The smallest absolute Gasteiger partial charge is 0.341 e. The summed E-state index contributed by atoms with van der Waals surface area (Å²) in [6, 6.07) is 31.4. The van der Waals surface area contributed by atoms with Gasteiger partial charge in [-0.25, -0.2) is 9.78 Å². The maximum atomic E-state index is 11.8. The highest BCUT2D eigenvalue weighted by Gasteiger charge is 2.17. The van der Waals surface area contributed by atoms with Crippen LogP contribution in [0.15, 0.2) is 97.1 Å². The van der Waals surface area contributed by atoms with Crippen LogP contribution in [-0.4, -0.2) is 28.4 Å². The highest BCUT2D eigenvalue weighted by molar-refractivity contribution is 7.15. The molecule has 1 heterocycles. The Hall–Kier alpha value is -4.75. The van der Waals surface area contributed by atoms with Crippen LogP contribution in [0.25, 0.3) is 32.8 Å². The van der Waals surface area contributed by atoms with Crippen LogP contribution in [0, 0.1) is 6.92 Å². The van der Waals surface area contributed by atoms with Gasteiger partial charge in [0.2, 0.25) is 0 Å². The standard InChI is InChI=1S/C33H27NO5S/c1-21-18-28(16-17-29(21)39-20-31(36)37)38-19-30-34-32(26-12-8-23(9-13-26)22(2)35)33(40-30)27-14-10-25(11-15-27)24-6-4-3-5-7-24/h3-18H,19-20H2,1-2H3,(H,36,37). The molecule has 0 aliphatic carbocycles. The summed E-state index contributed by atoms with van der Waals surface area (Å²) in [5.41, 5.74) is 6.53. The van der Waals surface area contributed by atoms with Gasteiger partial charge in [-0.3, -0.25) is 4.79 Å². The summed E-state index contributed by atoms with van der Waals surface area (Å²) >= 11 is 1.56. The van der Waals surface area contributed by atoms with Gasteiger partial charge in [-0.1, -0.05) is 78.9 Å². The number of Topliss-reactive ketones (excluding diaryl/α,β-unsaturated/α-hetero) is 1. The molecule has 0 saturated heterocycles. The van der Waals surface area contributed by atoms with E-state index in [2.05, 4.69) is 36.4 Å². The first-order valence-electron chi connectivity index (χ1n) is 12.7. The van der Waals surface area contributed by atoms with Crippen molar-refractivity contribution in [2.45, 2.75) is 20.5 Å². The van der Waals surface area contributed by atoms with Gasteiger partial charge >= 0.3 is 5.97 Å². The first-order chi connectivity index (χ1) is 19.4. The van der Waals surface area contributed by atoms with Gasteiger partial charge in [0, 0.05) is 11.1 Å². The van der Waals surface area contributed by atoms with Crippen LogP contribution in [0.5, 0.6) is 11.5 Å². The van der Waals surface area contributed by atoms with Gasteiger partial charge in [-0.2, -0.15) is 0 Å². The van der Waals surface area contributed by atoms with Crippen LogP contribution in [0.2, 0.25) is 0 Å². The molecule has 1 aromatic heterocycles. The Labute approximate surface area is 236 Å². The van der Waals surface area contributed by atoms with Crippen molar-refractivity contribution in [3.05, 3.63) is 113 Å². The van der Waals surface area contributed by atoms with Gasteiger partial charge < -0.3 is 14.6 Å². The average molecular weight is 550 g/mol. The van der Waals surface area contributed by atoms with Crippen LogP contribution in [0.3, 0.4) is 0 Å². The highest BCUT2D eigenvalue weighted by atomic mass is 32.1. The zero-order valence-corrected chi connectivity index (χ0v) is 22.9. The van der Waals surface area contributed by atoms with E-state index in [4.69, 9.17) is 19.6 Å². The second kappa shape index (κ2) is 12.0. The minimum atomic E-state index is -1.03. The van der Waals surface area contributed by atoms with Crippen molar-refractivity contribution in [2.24, 2.45) is 0 Å². The minimum Gasteiger partial charge on any atom is -0.486 e. The molecule has 0 amide bonds. The maximum absolute atomic E-state index is 11.8. The third-order valence-corrected chi connectivity index (χ3v) is 7.43. The van der Waals surface area contributed by atoms with Crippen molar-refractivity contribution < 1.29 is 24.2 Å². The lowest BCUT2D eigenvalue weighted by molar-refractivity contribution is -0.139. The number of carboxylic acid groups (broad SMARTS) is 1. The fourth-order valence-electron chi connectivity index (χ4n) is 4.28. The van der Waals surface area contributed by atoms with Crippen LogP contribution < -0.4 is 9.47 Å². The Morgan fingerprint density at radius 3 is 2.10 bits per heavy atom. The molecule has 5 aromatic rings.